The summed E-state index contributed by atoms with van der Waals surface area (Å²) in [6.07, 6.45) is 1.71. The van der Waals surface area contributed by atoms with Crippen LogP contribution in [0.15, 0.2) is 17.0 Å². The van der Waals surface area contributed by atoms with Crippen molar-refractivity contribution >= 4 is 23.4 Å². The van der Waals surface area contributed by atoms with Crippen LogP contribution in [0.25, 0.3) is 0 Å². The van der Waals surface area contributed by atoms with Crippen LogP contribution in [0.3, 0.4) is 0 Å². The third kappa shape index (κ3) is 1.98. The lowest BCUT2D eigenvalue weighted by atomic mass is 10.2. The van der Waals surface area contributed by atoms with Crippen LogP contribution in [0.2, 0.25) is 0 Å². The SMILES string of the molecule is COC(=O)c1cc(N)c(F)c(SC)c1. The summed E-state index contributed by atoms with van der Waals surface area (Å²) in [6.45, 7) is 0. The van der Waals surface area contributed by atoms with Crippen molar-refractivity contribution in [3.63, 3.8) is 0 Å². The first-order valence-electron chi connectivity index (χ1n) is 3.81. The Hall–Kier alpha value is -1.23. The molecule has 0 unspecified atom stereocenters. The van der Waals surface area contributed by atoms with Crippen molar-refractivity contribution in [1.29, 1.82) is 0 Å². The number of nitrogen functional groups attached to an aromatic ring is 1. The number of nitrogens with two attached hydrogens (primary N) is 1. The number of rotatable bonds is 2. The molecule has 0 bridgehead atoms. The highest BCUT2D eigenvalue weighted by molar-refractivity contribution is 7.98. The summed E-state index contributed by atoms with van der Waals surface area (Å²) >= 11 is 1.19. The number of halogens is 1. The summed E-state index contributed by atoms with van der Waals surface area (Å²) in [6, 6.07) is 2.68. The molecule has 5 heteroatoms. The molecule has 0 amide bonds. The van der Waals surface area contributed by atoms with Gasteiger partial charge < -0.3 is 10.5 Å². The Labute approximate surface area is 85.4 Å². The molecule has 0 spiro atoms. The quantitative estimate of drug-likeness (QED) is 0.465. The number of hydrogen-bond donors (Lipinski definition) is 1. The van der Waals surface area contributed by atoms with Crippen LogP contribution in [-0.4, -0.2) is 19.3 Å². The maximum absolute atomic E-state index is 13.3. The van der Waals surface area contributed by atoms with Gasteiger partial charge in [-0.15, -0.1) is 11.8 Å². The molecule has 76 valence electrons. The van der Waals surface area contributed by atoms with E-state index in [1.165, 1.54) is 31.0 Å². The second-order valence-electron chi connectivity index (χ2n) is 2.57. The van der Waals surface area contributed by atoms with Gasteiger partial charge in [0.2, 0.25) is 0 Å². The summed E-state index contributed by atoms with van der Waals surface area (Å²) in [5, 5.41) is 0. The lowest BCUT2D eigenvalue weighted by Gasteiger charge is -2.05. The van der Waals surface area contributed by atoms with E-state index in [-0.39, 0.29) is 11.3 Å². The Bertz CT molecular complexity index is 368. The molecule has 0 aliphatic carbocycles. The minimum atomic E-state index is -0.521. The largest absolute Gasteiger partial charge is 0.465 e. The third-order valence-corrected chi connectivity index (χ3v) is 2.45. The highest BCUT2D eigenvalue weighted by Gasteiger charge is 2.12. The highest BCUT2D eigenvalue weighted by atomic mass is 32.2. The number of carbonyl (C=O) groups excluding carboxylic acids is 1. The molecule has 0 aliphatic heterocycles. The Balaban J connectivity index is 3.22. The van der Waals surface area contributed by atoms with Crippen molar-refractivity contribution < 1.29 is 13.9 Å². The van der Waals surface area contributed by atoms with Crippen molar-refractivity contribution in [2.75, 3.05) is 19.1 Å². The highest BCUT2D eigenvalue weighted by Crippen LogP contribution is 2.25. The molecule has 14 heavy (non-hydrogen) atoms. The van der Waals surface area contributed by atoms with Crippen LogP contribution in [0.1, 0.15) is 10.4 Å². The average Bonchev–Trinajstić information content (AvgIpc) is 2.20. The van der Waals surface area contributed by atoms with Gasteiger partial charge in [-0.05, 0) is 18.4 Å². The fourth-order valence-corrected chi connectivity index (χ4v) is 1.55. The maximum Gasteiger partial charge on any atom is 0.337 e. The maximum atomic E-state index is 13.3. The van der Waals surface area contributed by atoms with Crippen LogP contribution in [-0.2, 0) is 4.74 Å². The molecule has 1 aromatic rings. The average molecular weight is 215 g/mol. The second kappa shape index (κ2) is 4.32. The molecule has 2 N–H and O–H groups in total. The zero-order valence-corrected chi connectivity index (χ0v) is 8.65. The number of carbonyl (C=O) groups is 1. The van der Waals surface area contributed by atoms with E-state index >= 15 is 0 Å². The summed E-state index contributed by atoms with van der Waals surface area (Å²) < 4.78 is 17.8. The van der Waals surface area contributed by atoms with Crippen molar-refractivity contribution in [3.05, 3.63) is 23.5 Å². The van der Waals surface area contributed by atoms with Crippen molar-refractivity contribution in [1.82, 2.24) is 0 Å². The number of esters is 1. The molecule has 0 fully saturated rings. The molecular weight excluding hydrogens is 205 g/mol. The standard InChI is InChI=1S/C9H10FNO2S/c1-13-9(12)5-3-6(11)8(10)7(4-5)14-2/h3-4H,11H2,1-2H3. The topological polar surface area (TPSA) is 52.3 Å². The number of hydrogen-bond acceptors (Lipinski definition) is 4. The van der Waals surface area contributed by atoms with Crippen LogP contribution >= 0.6 is 11.8 Å². The molecule has 0 heterocycles. The van der Waals surface area contributed by atoms with Gasteiger partial charge in [-0.25, -0.2) is 9.18 Å². The van der Waals surface area contributed by atoms with Gasteiger partial charge in [0.05, 0.1) is 18.4 Å². The first kappa shape index (κ1) is 10.8. The van der Waals surface area contributed by atoms with Gasteiger partial charge in [0.1, 0.15) is 0 Å². The molecule has 0 saturated carbocycles. The smallest absolute Gasteiger partial charge is 0.337 e. The van der Waals surface area contributed by atoms with Crippen LogP contribution in [0, 0.1) is 5.82 Å². The molecule has 0 aliphatic rings. The predicted octanol–water partition coefficient (Wildman–Crippen LogP) is 1.92. The van der Waals surface area contributed by atoms with Gasteiger partial charge >= 0.3 is 5.97 Å². The minimum absolute atomic E-state index is 0.0442. The van der Waals surface area contributed by atoms with E-state index in [1.807, 2.05) is 0 Å². The van der Waals surface area contributed by atoms with Gasteiger partial charge in [-0.1, -0.05) is 0 Å². The zero-order chi connectivity index (χ0) is 10.7. The van der Waals surface area contributed by atoms with Crippen molar-refractivity contribution in [3.8, 4) is 0 Å². The van der Waals surface area contributed by atoms with Crippen LogP contribution in [0.5, 0.6) is 0 Å². The van der Waals surface area contributed by atoms with E-state index in [2.05, 4.69) is 4.74 Å². The zero-order valence-electron chi connectivity index (χ0n) is 7.83. The molecule has 3 nitrogen and oxygen atoms in total. The second-order valence-corrected chi connectivity index (χ2v) is 3.42. The predicted molar refractivity (Wildman–Crippen MR) is 53.9 cm³/mol. The van der Waals surface area contributed by atoms with Gasteiger partial charge in [-0.3, -0.25) is 0 Å². The number of benzene rings is 1. The van der Waals surface area contributed by atoms with E-state index in [0.717, 1.165) is 0 Å². The number of thioether (sulfide) groups is 1. The van der Waals surface area contributed by atoms with E-state index in [4.69, 9.17) is 5.73 Å². The van der Waals surface area contributed by atoms with E-state index < -0.39 is 11.8 Å². The molecule has 0 radical (unpaired) electrons. The Morgan fingerprint density at radius 2 is 2.21 bits per heavy atom. The number of ether oxygens (including phenoxy) is 1. The Morgan fingerprint density at radius 1 is 1.57 bits per heavy atom. The Kier molecular flexibility index (Phi) is 3.35. The van der Waals surface area contributed by atoms with Crippen molar-refractivity contribution in [2.45, 2.75) is 4.90 Å². The lowest BCUT2D eigenvalue weighted by molar-refractivity contribution is 0.0600. The van der Waals surface area contributed by atoms with E-state index in [1.54, 1.807) is 6.26 Å². The molecule has 0 atom stereocenters. The first-order chi connectivity index (χ1) is 6.60. The van der Waals surface area contributed by atoms with Crippen LogP contribution < -0.4 is 5.73 Å². The van der Waals surface area contributed by atoms with Gasteiger partial charge in [0.15, 0.2) is 5.82 Å². The summed E-state index contributed by atoms with van der Waals surface area (Å²) in [5.74, 6) is -1.02. The van der Waals surface area contributed by atoms with Crippen LogP contribution in [0.4, 0.5) is 10.1 Å². The van der Waals surface area contributed by atoms with Gasteiger partial charge in [0, 0.05) is 4.90 Å². The summed E-state index contributed by atoms with van der Waals surface area (Å²) in [4.78, 5) is 11.5. The van der Waals surface area contributed by atoms with E-state index in [9.17, 15) is 9.18 Å². The lowest BCUT2D eigenvalue weighted by Crippen LogP contribution is -2.04. The van der Waals surface area contributed by atoms with Crippen molar-refractivity contribution in [2.24, 2.45) is 0 Å². The normalized spacial score (nSPS) is 9.93. The summed E-state index contributed by atoms with van der Waals surface area (Å²) in [5.41, 5.74) is 5.61. The Morgan fingerprint density at radius 3 is 2.71 bits per heavy atom. The minimum Gasteiger partial charge on any atom is -0.465 e. The first-order valence-corrected chi connectivity index (χ1v) is 5.04. The number of methoxy groups -OCH3 is 1. The molecule has 1 rings (SSSR count). The van der Waals surface area contributed by atoms with Gasteiger partial charge in [-0.2, -0.15) is 0 Å². The fourth-order valence-electron chi connectivity index (χ4n) is 1.00. The number of anilines is 1. The summed E-state index contributed by atoms with van der Waals surface area (Å²) in [7, 11) is 1.26. The third-order valence-electron chi connectivity index (χ3n) is 1.71. The fraction of sp³-hybridized carbons (Fsp3) is 0.222. The molecule has 1 aromatic carbocycles. The van der Waals surface area contributed by atoms with Gasteiger partial charge in [0.25, 0.3) is 0 Å². The molecule has 0 aromatic heterocycles. The monoisotopic (exact) mass is 215 g/mol. The molecule has 0 saturated heterocycles. The molecular formula is C9H10FNO2S. The van der Waals surface area contributed by atoms with E-state index in [0.29, 0.717) is 4.90 Å².